The maximum atomic E-state index is 12.9. The minimum Gasteiger partial charge on any atom is -0.356 e. The summed E-state index contributed by atoms with van der Waals surface area (Å²) in [5.41, 5.74) is 0. The Morgan fingerprint density at radius 1 is 1.48 bits per heavy atom. The highest BCUT2D eigenvalue weighted by molar-refractivity contribution is 7.91. The zero-order chi connectivity index (χ0) is 16.9. The Labute approximate surface area is 142 Å². The van der Waals surface area contributed by atoms with Gasteiger partial charge in [-0.2, -0.15) is 4.31 Å². The van der Waals surface area contributed by atoms with Gasteiger partial charge in [0.05, 0.1) is 0 Å². The summed E-state index contributed by atoms with van der Waals surface area (Å²) < 4.78 is 27.9. The number of thiophene rings is 1. The van der Waals surface area contributed by atoms with E-state index in [1.807, 2.05) is 13.0 Å². The summed E-state index contributed by atoms with van der Waals surface area (Å²) in [7, 11) is -3.44. The fraction of sp³-hybridized carbons (Fsp3) is 0.667. The predicted octanol–water partition coefficient (Wildman–Crippen LogP) is 1.19. The molecule has 6 nitrogen and oxygen atoms in total. The number of rotatable bonds is 8. The van der Waals surface area contributed by atoms with E-state index >= 15 is 0 Å². The van der Waals surface area contributed by atoms with Gasteiger partial charge in [-0.05, 0) is 37.9 Å². The molecule has 1 aromatic heterocycles. The molecule has 0 aliphatic carbocycles. The van der Waals surface area contributed by atoms with Crippen LogP contribution in [0.25, 0.3) is 0 Å². The van der Waals surface area contributed by atoms with Gasteiger partial charge in [0.25, 0.3) is 10.0 Å². The minimum absolute atomic E-state index is 0.0462. The molecule has 1 fully saturated rings. The Bertz CT molecular complexity index is 622. The van der Waals surface area contributed by atoms with E-state index in [4.69, 9.17) is 0 Å². The lowest BCUT2D eigenvalue weighted by Gasteiger charge is -2.26. The monoisotopic (exact) mass is 359 g/mol. The third kappa shape index (κ3) is 4.76. The molecule has 1 aliphatic rings. The number of nitrogens with one attached hydrogen (secondary N) is 2. The quantitative estimate of drug-likeness (QED) is 0.731. The Hall–Kier alpha value is -0.960. The fourth-order valence-electron chi connectivity index (χ4n) is 2.71. The van der Waals surface area contributed by atoms with E-state index in [1.165, 1.54) is 18.3 Å². The van der Waals surface area contributed by atoms with E-state index in [2.05, 4.69) is 10.6 Å². The van der Waals surface area contributed by atoms with E-state index in [-0.39, 0.29) is 11.9 Å². The van der Waals surface area contributed by atoms with Crippen molar-refractivity contribution in [1.29, 1.82) is 0 Å². The van der Waals surface area contributed by atoms with Gasteiger partial charge >= 0.3 is 0 Å². The molecule has 1 unspecified atom stereocenters. The van der Waals surface area contributed by atoms with Crippen LogP contribution in [-0.4, -0.2) is 50.9 Å². The molecule has 0 spiro atoms. The summed E-state index contributed by atoms with van der Waals surface area (Å²) in [6, 6.07) is 3.58. The van der Waals surface area contributed by atoms with Gasteiger partial charge in [0.1, 0.15) is 4.21 Å². The van der Waals surface area contributed by atoms with Crippen molar-refractivity contribution in [2.24, 2.45) is 0 Å². The third-order valence-electron chi connectivity index (χ3n) is 3.83. The number of sulfonamides is 1. The molecule has 2 rings (SSSR count). The lowest BCUT2D eigenvalue weighted by Crippen LogP contribution is -2.41. The van der Waals surface area contributed by atoms with Crippen LogP contribution in [0.15, 0.2) is 16.3 Å². The predicted molar refractivity (Wildman–Crippen MR) is 92.2 cm³/mol. The van der Waals surface area contributed by atoms with Gasteiger partial charge in [-0.25, -0.2) is 8.42 Å². The first-order valence-corrected chi connectivity index (χ1v) is 10.3. The Kier molecular flexibility index (Phi) is 6.58. The first-order chi connectivity index (χ1) is 10.9. The van der Waals surface area contributed by atoms with Gasteiger partial charge in [0, 0.05) is 37.5 Å². The van der Waals surface area contributed by atoms with Gasteiger partial charge in [-0.3, -0.25) is 4.79 Å². The van der Waals surface area contributed by atoms with Crippen molar-refractivity contribution in [2.45, 2.75) is 43.4 Å². The van der Waals surface area contributed by atoms with E-state index in [9.17, 15) is 13.2 Å². The highest BCUT2D eigenvalue weighted by Crippen LogP contribution is 2.28. The zero-order valence-corrected chi connectivity index (χ0v) is 15.3. The summed E-state index contributed by atoms with van der Waals surface area (Å²) >= 11 is 1.30. The van der Waals surface area contributed by atoms with Crippen LogP contribution in [0, 0.1) is 0 Å². The Morgan fingerprint density at radius 3 is 2.87 bits per heavy atom. The van der Waals surface area contributed by atoms with Crippen LogP contribution in [0.4, 0.5) is 0 Å². The first-order valence-electron chi connectivity index (χ1n) is 8.01. The molecule has 1 atom stereocenters. The van der Waals surface area contributed by atoms with Crippen LogP contribution in [0.2, 0.25) is 0 Å². The molecule has 130 valence electrons. The minimum atomic E-state index is -3.44. The van der Waals surface area contributed by atoms with Crippen LogP contribution in [0.3, 0.4) is 0 Å². The van der Waals surface area contributed by atoms with Crippen LogP contribution in [-0.2, 0) is 21.2 Å². The maximum Gasteiger partial charge on any atom is 0.252 e. The van der Waals surface area contributed by atoms with Crippen LogP contribution < -0.4 is 10.6 Å². The smallest absolute Gasteiger partial charge is 0.252 e. The molecule has 1 aliphatic heterocycles. The number of carbonyl (C=O) groups excluding carboxylic acids is 1. The van der Waals surface area contributed by atoms with Crippen molar-refractivity contribution >= 4 is 27.3 Å². The first kappa shape index (κ1) is 18.4. The Morgan fingerprint density at radius 2 is 2.26 bits per heavy atom. The summed E-state index contributed by atoms with van der Waals surface area (Å²) in [6.07, 6.45) is 2.31. The van der Waals surface area contributed by atoms with Gasteiger partial charge < -0.3 is 10.6 Å². The highest BCUT2D eigenvalue weighted by Gasteiger charge is 2.33. The standard InChI is InChI=1S/C15H25N3O3S2/c1-3-10-18(13-6-8-16-11-13)23(20,21)15-5-4-14(22-15)7-9-17-12(2)19/h4-5,13,16H,3,6-11H2,1-2H3,(H,17,19). The van der Waals surface area contributed by atoms with Crippen molar-refractivity contribution in [3.8, 4) is 0 Å². The summed E-state index contributed by atoms with van der Waals surface area (Å²) in [4.78, 5) is 11.9. The molecular weight excluding hydrogens is 334 g/mol. The molecule has 2 heterocycles. The van der Waals surface area contributed by atoms with E-state index in [0.29, 0.717) is 23.7 Å². The van der Waals surface area contributed by atoms with Crippen molar-refractivity contribution < 1.29 is 13.2 Å². The SMILES string of the molecule is CCCN(C1CCNC1)S(=O)(=O)c1ccc(CCNC(C)=O)s1. The molecule has 0 saturated carbocycles. The van der Waals surface area contributed by atoms with Gasteiger partial charge in [-0.1, -0.05) is 6.92 Å². The van der Waals surface area contributed by atoms with Crippen LogP contribution in [0.1, 0.15) is 31.6 Å². The molecular formula is C15H25N3O3S2. The second kappa shape index (κ2) is 8.23. The summed E-state index contributed by atoms with van der Waals surface area (Å²) in [5.74, 6) is -0.0720. The number of hydrogen-bond acceptors (Lipinski definition) is 5. The number of hydrogen-bond donors (Lipinski definition) is 2. The largest absolute Gasteiger partial charge is 0.356 e. The van der Waals surface area contributed by atoms with Gasteiger partial charge in [0.2, 0.25) is 5.91 Å². The molecule has 1 aromatic rings. The molecule has 0 bridgehead atoms. The van der Waals surface area contributed by atoms with Crippen LogP contribution >= 0.6 is 11.3 Å². The molecule has 23 heavy (non-hydrogen) atoms. The highest BCUT2D eigenvalue weighted by atomic mass is 32.2. The zero-order valence-electron chi connectivity index (χ0n) is 13.7. The second-order valence-corrected chi connectivity index (χ2v) is 9.00. The average Bonchev–Trinajstić information content (AvgIpc) is 3.15. The molecule has 0 aromatic carbocycles. The van der Waals surface area contributed by atoms with E-state index in [0.717, 1.165) is 30.8 Å². The van der Waals surface area contributed by atoms with E-state index < -0.39 is 10.0 Å². The van der Waals surface area contributed by atoms with Gasteiger partial charge in [-0.15, -0.1) is 11.3 Å². The van der Waals surface area contributed by atoms with Crippen molar-refractivity contribution in [2.75, 3.05) is 26.2 Å². The van der Waals surface area contributed by atoms with Crippen molar-refractivity contribution in [1.82, 2.24) is 14.9 Å². The Balaban J connectivity index is 2.10. The topological polar surface area (TPSA) is 78.5 Å². The van der Waals surface area contributed by atoms with Crippen molar-refractivity contribution in [3.63, 3.8) is 0 Å². The lowest BCUT2D eigenvalue weighted by molar-refractivity contribution is -0.118. The lowest BCUT2D eigenvalue weighted by atomic mass is 10.2. The molecule has 1 saturated heterocycles. The maximum absolute atomic E-state index is 12.9. The van der Waals surface area contributed by atoms with Crippen molar-refractivity contribution in [3.05, 3.63) is 17.0 Å². The van der Waals surface area contributed by atoms with Gasteiger partial charge in [0.15, 0.2) is 0 Å². The number of carbonyl (C=O) groups is 1. The second-order valence-electron chi connectivity index (χ2n) is 5.72. The number of amides is 1. The number of nitrogens with zero attached hydrogens (tertiary/aromatic N) is 1. The van der Waals surface area contributed by atoms with Crippen LogP contribution in [0.5, 0.6) is 0 Å². The molecule has 1 amide bonds. The third-order valence-corrected chi connectivity index (χ3v) is 7.40. The normalized spacial score (nSPS) is 18.5. The fourth-order valence-corrected chi connectivity index (χ4v) is 5.94. The average molecular weight is 360 g/mol. The summed E-state index contributed by atoms with van der Waals surface area (Å²) in [6.45, 7) is 6.14. The summed E-state index contributed by atoms with van der Waals surface area (Å²) in [5, 5.41) is 5.96. The molecule has 8 heteroatoms. The molecule has 0 radical (unpaired) electrons. The molecule has 2 N–H and O–H groups in total. The van der Waals surface area contributed by atoms with E-state index in [1.54, 1.807) is 10.4 Å².